The molecule has 0 aliphatic carbocycles. The van der Waals surface area contributed by atoms with Crippen LogP contribution in [0.2, 0.25) is 0 Å². The maximum Gasteiger partial charge on any atom is 0.326 e. The molecule has 1 radical (unpaired) electrons. The molecule has 0 spiro atoms. The molecule has 0 saturated carbocycles. The van der Waals surface area contributed by atoms with Gasteiger partial charge in [-0.2, -0.15) is 0 Å². The van der Waals surface area contributed by atoms with Crippen molar-refractivity contribution in [2.45, 2.75) is 26.3 Å². The molecule has 1 amide bonds. The number of hydrogen-bond donors (Lipinski definition) is 1. The number of carboxylic acid groups (broad SMARTS) is 1. The van der Waals surface area contributed by atoms with Crippen molar-refractivity contribution in [2.75, 3.05) is 7.05 Å². The summed E-state index contributed by atoms with van der Waals surface area (Å²) in [7, 11) is 1.43. The lowest BCUT2D eigenvalue weighted by Crippen LogP contribution is -2.42. The van der Waals surface area contributed by atoms with Gasteiger partial charge >= 0.3 is 12.4 Å². The Morgan fingerprint density at radius 3 is 2.42 bits per heavy atom. The van der Waals surface area contributed by atoms with E-state index in [0.29, 0.717) is 0 Å². The number of amides is 1. The van der Waals surface area contributed by atoms with Gasteiger partial charge in [-0.15, -0.1) is 0 Å². The minimum Gasteiger partial charge on any atom is -0.480 e. The van der Waals surface area contributed by atoms with Gasteiger partial charge in [-0.25, -0.2) is 4.79 Å². The van der Waals surface area contributed by atoms with Crippen LogP contribution < -0.4 is 0 Å². The zero-order chi connectivity index (χ0) is 9.72. The fourth-order valence-corrected chi connectivity index (χ4v) is 1.07. The highest BCUT2D eigenvalue weighted by Gasteiger charge is 2.27. The molecule has 12 heavy (non-hydrogen) atoms. The van der Waals surface area contributed by atoms with Gasteiger partial charge in [0, 0.05) is 7.05 Å². The van der Waals surface area contributed by atoms with Gasteiger partial charge in [0.15, 0.2) is 0 Å². The van der Waals surface area contributed by atoms with E-state index in [1.165, 1.54) is 7.05 Å². The Hall–Kier alpha value is -1.06. The molecule has 69 valence electrons. The first-order valence-corrected chi connectivity index (χ1v) is 3.88. The molecule has 2 unspecified atom stereocenters. The van der Waals surface area contributed by atoms with Gasteiger partial charge in [-0.1, -0.05) is 20.3 Å². The molecule has 0 saturated heterocycles. The lowest BCUT2D eigenvalue weighted by Gasteiger charge is -2.24. The molecular formula is C8H14NO3. The first-order valence-electron chi connectivity index (χ1n) is 3.88. The molecule has 0 rings (SSSR count). The predicted octanol–water partition coefficient (Wildman–Crippen LogP) is 0.485. The molecule has 0 fully saturated rings. The standard InChI is InChI=1S/C8H14NO3/c1-4-6(2)7(8(11)12)9(3)5-10/h6-7H,4H2,1-3H3,(H,11,12). The highest BCUT2D eigenvalue weighted by molar-refractivity contribution is 5.76. The number of hydrogen-bond acceptors (Lipinski definition) is 2. The van der Waals surface area contributed by atoms with E-state index in [2.05, 4.69) is 0 Å². The summed E-state index contributed by atoms with van der Waals surface area (Å²) < 4.78 is 0. The topological polar surface area (TPSA) is 57.6 Å². The van der Waals surface area contributed by atoms with E-state index < -0.39 is 12.0 Å². The lowest BCUT2D eigenvalue weighted by molar-refractivity contribution is -0.143. The predicted molar refractivity (Wildman–Crippen MR) is 44.3 cm³/mol. The zero-order valence-electron chi connectivity index (χ0n) is 7.57. The van der Waals surface area contributed by atoms with Crippen LogP contribution in [-0.2, 0) is 9.59 Å². The smallest absolute Gasteiger partial charge is 0.326 e. The number of nitrogens with zero attached hydrogens (tertiary/aromatic N) is 1. The Labute approximate surface area is 72.2 Å². The molecule has 0 aliphatic rings. The number of carbonyl (C=O) groups is 1. The molecule has 1 N–H and O–H groups in total. The highest BCUT2D eigenvalue weighted by Crippen LogP contribution is 2.12. The maximum atomic E-state index is 10.7. The minimum atomic E-state index is -0.977. The third-order valence-electron chi connectivity index (χ3n) is 2.00. The Morgan fingerprint density at radius 2 is 2.17 bits per heavy atom. The maximum absolute atomic E-state index is 10.7. The summed E-state index contributed by atoms with van der Waals surface area (Å²) in [5.41, 5.74) is 0. The van der Waals surface area contributed by atoms with Crippen LogP contribution in [0.25, 0.3) is 0 Å². The average Bonchev–Trinajstić information content (AvgIpc) is 2.03. The third-order valence-corrected chi connectivity index (χ3v) is 2.00. The molecule has 0 aromatic rings. The largest absolute Gasteiger partial charge is 0.480 e. The fraction of sp³-hybridized carbons (Fsp3) is 0.750. The third kappa shape index (κ3) is 2.53. The Morgan fingerprint density at radius 1 is 1.67 bits per heavy atom. The SMILES string of the molecule is CCC(C)C(C(=O)O)N(C)[C]=O. The van der Waals surface area contributed by atoms with Gasteiger partial charge in [-0.3, -0.25) is 4.79 Å². The summed E-state index contributed by atoms with van der Waals surface area (Å²) in [6.07, 6.45) is 2.29. The van der Waals surface area contributed by atoms with Crippen molar-refractivity contribution < 1.29 is 14.7 Å². The summed E-state index contributed by atoms with van der Waals surface area (Å²) >= 11 is 0. The summed E-state index contributed by atoms with van der Waals surface area (Å²) in [6.45, 7) is 3.69. The van der Waals surface area contributed by atoms with E-state index in [0.717, 1.165) is 11.3 Å². The number of rotatable bonds is 5. The van der Waals surface area contributed by atoms with Crippen molar-refractivity contribution in [3.05, 3.63) is 0 Å². The van der Waals surface area contributed by atoms with E-state index in [4.69, 9.17) is 5.11 Å². The second-order valence-corrected chi connectivity index (χ2v) is 2.87. The Kier molecular flexibility index (Phi) is 4.33. The van der Waals surface area contributed by atoms with E-state index in [1.54, 1.807) is 13.3 Å². The number of likely N-dealkylation sites (N-methyl/N-ethyl adjacent to an activating group) is 1. The van der Waals surface area contributed by atoms with Crippen molar-refractivity contribution in [1.29, 1.82) is 0 Å². The summed E-state index contributed by atoms with van der Waals surface area (Å²) in [5, 5.41) is 8.76. The van der Waals surface area contributed by atoms with Gasteiger partial charge in [0.25, 0.3) is 0 Å². The molecule has 4 heteroatoms. The fourth-order valence-electron chi connectivity index (χ4n) is 1.07. The monoisotopic (exact) mass is 172 g/mol. The highest BCUT2D eigenvalue weighted by atomic mass is 16.4. The first-order chi connectivity index (χ1) is 5.54. The minimum absolute atomic E-state index is 0.0473. The van der Waals surface area contributed by atoms with Crippen LogP contribution in [0.4, 0.5) is 0 Å². The summed E-state index contributed by atoms with van der Waals surface area (Å²) in [6, 6.07) is -0.757. The lowest BCUT2D eigenvalue weighted by atomic mass is 9.98. The van der Waals surface area contributed by atoms with Gasteiger partial charge in [0.05, 0.1) is 0 Å². The van der Waals surface area contributed by atoms with E-state index >= 15 is 0 Å². The van der Waals surface area contributed by atoms with Crippen molar-refractivity contribution >= 4 is 12.4 Å². The number of aliphatic carboxylic acids is 1. The second-order valence-electron chi connectivity index (χ2n) is 2.87. The quantitative estimate of drug-likeness (QED) is 0.614. The van der Waals surface area contributed by atoms with E-state index in [1.807, 2.05) is 6.92 Å². The van der Waals surface area contributed by atoms with Crippen molar-refractivity contribution in [1.82, 2.24) is 4.90 Å². The van der Waals surface area contributed by atoms with Crippen LogP contribution in [0, 0.1) is 5.92 Å². The van der Waals surface area contributed by atoms with Crippen molar-refractivity contribution in [2.24, 2.45) is 5.92 Å². The van der Waals surface area contributed by atoms with Gasteiger partial charge in [0.2, 0.25) is 0 Å². The van der Waals surface area contributed by atoms with E-state index in [9.17, 15) is 9.59 Å². The molecule has 0 bridgehead atoms. The second kappa shape index (κ2) is 4.74. The van der Waals surface area contributed by atoms with E-state index in [-0.39, 0.29) is 5.92 Å². The molecule has 2 atom stereocenters. The molecule has 0 aromatic heterocycles. The molecule has 0 aromatic carbocycles. The molecule has 0 heterocycles. The number of carbonyl (C=O) groups excluding carboxylic acids is 1. The molecular weight excluding hydrogens is 158 g/mol. The molecule has 0 aliphatic heterocycles. The summed E-state index contributed by atoms with van der Waals surface area (Å²) in [4.78, 5) is 22.0. The Bertz CT molecular complexity index is 170. The summed E-state index contributed by atoms with van der Waals surface area (Å²) in [5.74, 6) is -1.02. The Balaban J connectivity index is 4.42. The zero-order valence-corrected chi connectivity index (χ0v) is 7.57. The van der Waals surface area contributed by atoms with Crippen molar-refractivity contribution in [3.8, 4) is 0 Å². The van der Waals surface area contributed by atoms with Crippen LogP contribution in [0.3, 0.4) is 0 Å². The van der Waals surface area contributed by atoms with Crippen LogP contribution in [0.1, 0.15) is 20.3 Å². The number of carboxylic acids is 1. The average molecular weight is 172 g/mol. The molecule has 4 nitrogen and oxygen atoms in total. The first kappa shape index (κ1) is 10.9. The van der Waals surface area contributed by atoms with Crippen molar-refractivity contribution in [3.63, 3.8) is 0 Å². The van der Waals surface area contributed by atoms with Crippen LogP contribution in [-0.4, -0.2) is 35.5 Å². The van der Waals surface area contributed by atoms with Crippen LogP contribution in [0.15, 0.2) is 0 Å². The van der Waals surface area contributed by atoms with Crippen LogP contribution >= 0.6 is 0 Å². The normalized spacial score (nSPS) is 14.9. The van der Waals surface area contributed by atoms with Gasteiger partial charge in [0.1, 0.15) is 6.04 Å². The van der Waals surface area contributed by atoms with Gasteiger partial charge in [-0.05, 0) is 5.92 Å². The van der Waals surface area contributed by atoms with Crippen LogP contribution in [0.5, 0.6) is 0 Å². The van der Waals surface area contributed by atoms with Gasteiger partial charge < -0.3 is 10.0 Å².